The first-order valence-electron chi connectivity index (χ1n) is 6.14. The van der Waals surface area contributed by atoms with Crippen molar-refractivity contribution in [2.45, 2.75) is 13.5 Å². The predicted octanol–water partition coefficient (Wildman–Crippen LogP) is 0.492. The molecule has 0 atom stereocenters. The summed E-state index contributed by atoms with van der Waals surface area (Å²) in [5, 5.41) is 4.99. The molecule has 0 saturated carbocycles. The van der Waals surface area contributed by atoms with Crippen molar-refractivity contribution in [1.29, 1.82) is 0 Å². The Morgan fingerprint density at radius 2 is 1.90 bits per heavy atom. The molecule has 1 aliphatic heterocycles. The zero-order valence-corrected chi connectivity index (χ0v) is 11.5. The van der Waals surface area contributed by atoms with Crippen molar-refractivity contribution in [3.05, 3.63) is 30.1 Å². The maximum atomic E-state index is 11.9. The first-order chi connectivity index (χ1) is 9.56. The molecule has 0 unspecified atom stereocenters. The summed E-state index contributed by atoms with van der Waals surface area (Å²) in [6.07, 6.45) is 0. The van der Waals surface area contributed by atoms with Gasteiger partial charge in [0.2, 0.25) is 11.8 Å². The van der Waals surface area contributed by atoms with E-state index in [0.29, 0.717) is 0 Å². The van der Waals surface area contributed by atoms with Gasteiger partial charge in [0.25, 0.3) is 0 Å². The van der Waals surface area contributed by atoms with E-state index in [1.807, 2.05) is 35.8 Å². The van der Waals surface area contributed by atoms with Crippen LogP contribution in [0.2, 0.25) is 0 Å². The fourth-order valence-electron chi connectivity index (χ4n) is 2.32. The number of hydrogen-bond donors (Lipinski definition) is 2. The Kier molecular flexibility index (Phi) is 2.98. The van der Waals surface area contributed by atoms with Crippen LogP contribution in [0.3, 0.4) is 0 Å². The lowest BCUT2D eigenvalue weighted by Crippen LogP contribution is -2.56. The van der Waals surface area contributed by atoms with E-state index in [1.54, 1.807) is 0 Å². The van der Waals surface area contributed by atoms with Crippen molar-refractivity contribution >= 4 is 40.2 Å². The monoisotopic (exact) mass is 288 g/mol. The Balaban J connectivity index is 1.97. The van der Waals surface area contributed by atoms with E-state index in [0.717, 1.165) is 16.9 Å². The minimum atomic E-state index is -0.807. The van der Waals surface area contributed by atoms with Gasteiger partial charge in [-0.2, -0.15) is 0 Å². The maximum Gasteiger partial charge on any atom is 0.240 e. The van der Waals surface area contributed by atoms with Crippen molar-refractivity contribution < 1.29 is 9.59 Å². The number of benzene rings is 1. The van der Waals surface area contributed by atoms with Crippen LogP contribution in [0.25, 0.3) is 11.0 Å². The summed E-state index contributed by atoms with van der Waals surface area (Å²) >= 11 is 4.78. The number of aromatic nitrogens is 2. The average Bonchev–Trinajstić information content (AvgIpc) is 2.69. The molecule has 6 nitrogen and oxygen atoms in total. The van der Waals surface area contributed by atoms with Gasteiger partial charge in [0.15, 0.2) is 5.11 Å². The number of para-hydroxylation sites is 2. The molecule has 1 aromatic carbocycles. The molecule has 102 valence electrons. The van der Waals surface area contributed by atoms with Crippen LogP contribution in [0.15, 0.2) is 24.3 Å². The van der Waals surface area contributed by atoms with Crippen LogP contribution in [-0.4, -0.2) is 26.5 Å². The van der Waals surface area contributed by atoms with Crippen molar-refractivity contribution in [2.75, 3.05) is 0 Å². The molecule has 1 fully saturated rings. The molecule has 2 aromatic rings. The van der Waals surface area contributed by atoms with Gasteiger partial charge in [-0.3, -0.25) is 9.59 Å². The number of thiocarbonyl (C=S) groups is 1. The normalized spacial score (nSPS) is 16.4. The SMILES string of the molecule is Cc1nc2ccccc2n1CC1C(=O)NC(=S)NC1=O. The standard InChI is InChI=1S/C13H12N4O2S/c1-7-14-9-4-2-3-5-10(9)17(7)6-8-11(18)15-13(20)16-12(8)19/h2-5,8H,6H2,1H3,(H2,15,16,18,19,20). The zero-order chi connectivity index (χ0) is 14.3. The lowest BCUT2D eigenvalue weighted by molar-refractivity contribution is -0.135. The van der Waals surface area contributed by atoms with E-state index in [4.69, 9.17) is 12.2 Å². The second kappa shape index (κ2) is 4.68. The molecular weight excluding hydrogens is 276 g/mol. The second-order valence-electron chi connectivity index (χ2n) is 4.62. The number of nitrogens with one attached hydrogen (secondary N) is 2. The van der Waals surface area contributed by atoms with Gasteiger partial charge in [-0.25, -0.2) is 4.98 Å². The molecule has 20 heavy (non-hydrogen) atoms. The van der Waals surface area contributed by atoms with Crippen molar-refractivity contribution in [3.63, 3.8) is 0 Å². The molecule has 2 amide bonds. The zero-order valence-electron chi connectivity index (χ0n) is 10.7. The van der Waals surface area contributed by atoms with E-state index in [9.17, 15) is 9.59 Å². The highest BCUT2D eigenvalue weighted by Gasteiger charge is 2.33. The number of imidazole rings is 1. The lowest BCUT2D eigenvalue weighted by Gasteiger charge is -2.23. The molecule has 0 bridgehead atoms. The second-order valence-corrected chi connectivity index (χ2v) is 5.03. The van der Waals surface area contributed by atoms with Crippen LogP contribution in [0.1, 0.15) is 5.82 Å². The fourth-order valence-corrected chi connectivity index (χ4v) is 2.52. The number of hydrogen-bond acceptors (Lipinski definition) is 4. The molecule has 0 radical (unpaired) electrons. The number of amides is 2. The summed E-state index contributed by atoms with van der Waals surface area (Å²) in [6, 6.07) is 7.61. The predicted molar refractivity (Wildman–Crippen MR) is 76.8 cm³/mol. The first-order valence-corrected chi connectivity index (χ1v) is 6.54. The van der Waals surface area contributed by atoms with E-state index >= 15 is 0 Å². The van der Waals surface area contributed by atoms with Crippen LogP contribution >= 0.6 is 12.2 Å². The number of carbonyl (C=O) groups is 2. The van der Waals surface area contributed by atoms with Crippen molar-refractivity contribution in [1.82, 2.24) is 20.2 Å². The summed E-state index contributed by atoms with van der Waals surface area (Å²) in [5.41, 5.74) is 1.75. The summed E-state index contributed by atoms with van der Waals surface area (Å²) in [6.45, 7) is 2.09. The van der Waals surface area contributed by atoms with Gasteiger partial charge in [-0.05, 0) is 31.3 Å². The van der Waals surface area contributed by atoms with Crippen LogP contribution in [0.4, 0.5) is 0 Å². The van der Waals surface area contributed by atoms with Gasteiger partial charge in [0.05, 0.1) is 11.0 Å². The summed E-state index contributed by atoms with van der Waals surface area (Å²) < 4.78 is 1.87. The van der Waals surface area contributed by atoms with Gasteiger partial charge in [0, 0.05) is 6.54 Å². The topological polar surface area (TPSA) is 76.0 Å². The Morgan fingerprint density at radius 1 is 1.25 bits per heavy atom. The summed E-state index contributed by atoms with van der Waals surface area (Å²) in [5.74, 6) is -0.801. The van der Waals surface area contributed by atoms with Crippen LogP contribution in [0.5, 0.6) is 0 Å². The molecular formula is C13H12N4O2S. The van der Waals surface area contributed by atoms with E-state index in [1.165, 1.54) is 0 Å². The van der Waals surface area contributed by atoms with Crippen LogP contribution in [0, 0.1) is 12.8 Å². The Bertz CT molecular complexity index is 717. The van der Waals surface area contributed by atoms with Crippen LogP contribution in [-0.2, 0) is 16.1 Å². The number of rotatable bonds is 2. The molecule has 3 rings (SSSR count). The largest absolute Gasteiger partial charge is 0.327 e. The smallest absolute Gasteiger partial charge is 0.240 e. The summed E-state index contributed by atoms with van der Waals surface area (Å²) in [4.78, 5) is 28.2. The van der Waals surface area contributed by atoms with Gasteiger partial charge < -0.3 is 15.2 Å². The number of aryl methyl sites for hydroxylation is 1. The van der Waals surface area contributed by atoms with Crippen LogP contribution < -0.4 is 10.6 Å². The molecule has 1 aromatic heterocycles. The Hall–Kier alpha value is -2.28. The van der Waals surface area contributed by atoms with E-state index in [2.05, 4.69) is 15.6 Å². The third-order valence-corrected chi connectivity index (χ3v) is 3.52. The number of nitrogens with zero attached hydrogens (tertiary/aromatic N) is 2. The Labute approximate surface area is 120 Å². The fraction of sp³-hybridized carbons (Fsp3) is 0.231. The molecule has 1 saturated heterocycles. The molecule has 0 spiro atoms. The van der Waals surface area contributed by atoms with Gasteiger partial charge in [0.1, 0.15) is 11.7 Å². The first kappa shape index (κ1) is 12.7. The van der Waals surface area contributed by atoms with Gasteiger partial charge in [-0.15, -0.1) is 0 Å². The van der Waals surface area contributed by atoms with Gasteiger partial charge in [-0.1, -0.05) is 12.1 Å². The minimum Gasteiger partial charge on any atom is -0.327 e. The number of fused-ring (bicyclic) bond motifs is 1. The highest BCUT2D eigenvalue weighted by Crippen LogP contribution is 2.18. The molecule has 2 N–H and O–H groups in total. The summed E-state index contributed by atoms with van der Waals surface area (Å²) in [7, 11) is 0. The number of carbonyl (C=O) groups excluding carboxylic acids is 2. The van der Waals surface area contributed by atoms with Crippen molar-refractivity contribution in [2.24, 2.45) is 5.92 Å². The highest BCUT2D eigenvalue weighted by atomic mass is 32.1. The molecule has 7 heteroatoms. The quantitative estimate of drug-likeness (QED) is 0.623. The maximum absolute atomic E-state index is 11.9. The third-order valence-electron chi connectivity index (χ3n) is 3.32. The minimum absolute atomic E-state index is 0.0588. The highest BCUT2D eigenvalue weighted by molar-refractivity contribution is 7.80. The Morgan fingerprint density at radius 3 is 2.60 bits per heavy atom. The molecule has 1 aliphatic rings. The lowest BCUT2D eigenvalue weighted by atomic mass is 10.1. The molecule has 2 heterocycles. The third kappa shape index (κ3) is 2.05. The van der Waals surface area contributed by atoms with E-state index in [-0.39, 0.29) is 23.5 Å². The average molecular weight is 288 g/mol. The van der Waals surface area contributed by atoms with E-state index < -0.39 is 5.92 Å². The molecule has 0 aliphatic carbocycles. The van der Waals surface area contributed by atoms with Gasteiger partial charge >= 0.3 is 0 Å². The van der Waals surface area contributed by atoms with Crippen molar-refractivity contribution in [3.8, 4) is 0 Å².